The molecule has 1 N–H and O–H groups in total. The Morgan fingerprint density at radius 3 is 2.29 bits per heavy atom. The molecule has 0 saturated carbocycles. The molecule has 0 spiro atoms. The van der Waals surface area contributed by atoms with Gasteiger partial charge in [0.25, 0.3) is 0 Å². The van der Waals surface area contributed by atoms with Crippen molar-refractivity contribution in [3.63, 3.8) is 0 Å². The summed E-state index contributed by atoms with van der Waals surface area (Å²) in [6.07, 6.45) is 0. The zero-order valence-electron chi connectivity index (χ0n) is 11.9. The third-order valence-electron chi connectivity index (χ3n) is 3.22. The van der Waals surface area contributed by atoms with E-state index in [-0.39, 0.29) is 0 Å². The van der Waals surface area contributed by atoms with Crippen LogP contribution in [0.4, 0.5) is 10.8 Å². The van der Waals surface area contributed by atoms with Gasteiger partial charge in [0.1, 0.15) is 0 Å². The maximum absolute atomic E-state index is 5.90. The molecule has 0 amide bonds. The second kappa shape index (κ2) is 5.88. The molecule has 0 bridgehead atoms. The molecule has 21 heavy (non-hydrogen) atoms. The number of aryl methyl sites for hydroxylation is 2. The van der Waals surface area contributed by atoms with Gasteiger partial charge in [-0.25, -0.2) is 4.98 Å². The van der Waals surface area contributed by atoms with Gasteiger partial charge >= 0.3 is 0 Å². The first-order valence-electron chi connectivity index (χ1n) is 6.69. The zero-order valence-corrected chi connectivity index (χ0v) is 13.4. The van der Waals surface area contributed by atoms with E-state index in [0.717, 1.165) is 27.1 Å². The molecule has 0 saturated heterocycles. The Labute approximate surface area is 133 Å². The standard InChI is InChI=1S/C17H15ClN2S/c1-11-3-5-13(6-4-11)16-12(2)21-17(20-16)19-15-9-7-14(18)8-10-15/h3-10H,1-2H3,(H,19,20). The highest BCUT2D eigenvalue weighted by atomic mass is 35.5. The maximum atomic E-state index is 5.90. The molecule has 3 rings (SSSR count). The van der Waals surface area contributed by atoms with E-state index in [1.807, 2.05) is 24.3 Å². The second-order valence-electron chi connectivity index (χ2n) is 4.92. The van der Waals surface area contributed by atoms with E-state index in [2.05, 4.69) is 43.4 Å². The molecule has 0 fully saturated rings. The third-order valence-corrected chi connectivity index (χ3v) is 4.36. The van der Waals surface area contributed by atoms with Crippen LogP contribution in [0.5, 0.6) is 0 Å². The molecule has 2 nitrogen and oxygen atoms in total. The summed E-state index contributed by atoms with van der Waals surface area (Å²) < 4.78 is 0. The first-order valence-corrected chi connectivity index (χ1v) is 7.88. The Morgan fingerprint density at radius 2 is 1.62 bits per heavy atom. The summed E-state index contributed by atoms with van der Waals surface area (Å²) in [6.45, 7) is 4.19. The van der Waals surface area contributed by atoms with Gasteiger partial charge in [-0.1, -0.05) is 41.4 Å². The van der Waals surface area contributed by atoms with E-state index < -0.39 is 0 Å². The van der Waals surface area contributed by atoms with Crippen LogP contribution in [-0.4, -0.2) is 4.98 Å². The van der Waals surface area contributed by atoms with Crippen LogP contribution >= 0.6 is 22.9 Å². The lowest BCUT2D eigenvalue weighted by Gasteiger charge is -2.02. The Hall–Kier alpha value is -1.84. The number of anilines is 2. The molecule has 1 heterocycles. The van der Waals surface area contributed by atoms with E-state index >= 15 is 0 Å². The van der Waals surface area contributed by atoms with Gasteiger partial charge < -0.3 is 5.32 Å². The van der Waals surface area contributed by atoms with Crippen molar-refractivity contribution in [3.05, 3.63) is 64.0 Å². The molecule has 0 atom stereocenters. The molecule has 0 unspecified atom stereocenters. The summed E-state index contributed by atoms with van der Waals surface area (Å²) in [5, 5.41) is 4.95. The number of nitrogens with one attached hydrogen (secondary N) is 1. The Morgan fingerprint density at radius 1 is 0.952 bits per heavy atom. The maximum Gasteiger partial charge on any atom is 0.187 e. The molecular weight excluding hydrogens is 300 g/mol. The van der Waals surface area contributed by atoms with Crippen molar-refractivity contribution in [3.8, 4) is 11.3 Å². The van der Waals surface area contributed by atoms with Crippen LogP contribution in [0.25, 0.3) is 11.3 Å². The van der Waals surface area contributed by atoms with Gasteiger partial charge in [-0.05, 0) is 38.1 Å². The lowest BCUT2D eigenvalue weighted by atomic mass is 10.1. The first-order chi connectivity index (χ1) is 10.1. The predicted molar refractivity (Wildman–Crippen MR) is 91.8 cm³/mol. The number of halogens is 1. The fourth-order valence-electron chi connectivity index (χ4n) is 2.09. The molecular formula is C17H15ClN2S. The molecule has 0 aliphatic heterocycles. The van der Waals surface area contributed by atoms with Crippen molar-refractivity contribution in [1.82, 2.24) is 4.98 Å². The molecule has 1 aromatic heterocycles. The fourth-order valence-corrected chi connectivity index (χ4v) is 3.07. The minimum absolute atomic E-state index is 0.733. The van der Waals surface area contributed by atoms with Crippen molar-refractivity contribution in [2.45, 2.75) is 13.8 Å². The summed E-state index contributed by atoms with van der Waals surface area (Å²) >= 11 is 7.55. The van der Waals surface area contributed by atoms with Crippen molar-refractivity contribution in [2.24, 2.45) is 0 Å². The third kappa shape index (κ3) is 3.26. The summed E-state index contributed by atoms with van der Waals surface area (Å²) in [5.41, 5.74) is 4.43. The van der Waals surface area contributed by atoms with Crippen LogP contribution in [0.2, 0.25) is 5.02 Å². The number of rotatable bonds is 3. The van der Waals surface area contributed by atoms with Gasteiger partial charge in [-0.3, -0.25) is 0 Å². The molecule has 2 aromatic carbocycles. The van der Waals surface area contributed by atoms with Crippen LogP contribution in [0.3, 0.4) is 0 Å². The summed E-state index contributed by atoms with van der Waals surface area (Å²) in [5.74, 6) is 0. The van der Waals surface area contributed by atoms with Crippen molar-refractivity contribution in [1.29, 1.82) is 0 Å². The van der Waals surface area contributed by atoms with Crippen molar-refractivity contribution in [2.75, 3.05) is 5.32 Å². The average Bonchev–Trinajstić information content (AvgIpc) is 2.83. The average molecular weight is 315 g/mol. The minimum Gasteiger partial charge on any atom is -0.332 e. The van der Waals surface area contributed by atoms with E-state index in [1.165, 1.54) is 10.4 Å². The van der Waals surface area contributed by atoms with Gasteiger partial charge in [0, 0.05) is 21.2 Å². The van der Waals surface area contributed by atoms with E-state index in [4.69, 9.17) is 16.6 Å². The molecule has 3 aromatic rings. The summed E-state index contributed by atoms with van der Waals surface area (Å²) in [6, 6.07) is 16.1. The number of hydrogen-bond acceptors (Lipinski definition) is 3. The lowest BCUT2D eigenvalue weighted by molar-refractivity contribution is 1.35. The second-order valence-corrected chi connectivity index (χ2v) is 6.56. The lowest BCUT2D eigenvalue weighted by Crippen LogP contribution is -1.89. The van der Waals surface area contributed by atoms with E-state index in [1.54, 1.807) is 11.3 Å². The van der Waals surface area contributed by atoms with Gasteiger partial charge in [0.05, 0.1) is 5.69 Å². The Balaban J connectivity index is 1.87. The van der Waals surface area contributed by atoms with Crippen LogP contribution in [-0.2, 0) is 0 Å². The molecule has 0 aliphatic carbocycles. The smallest absolute Gasteiger partial charge is 0.187 e. The molecule has 0 radical (unpaired) electrons. The SMILES string of the molecule is Cc1ccc(-c2nc(Nc3ccc(Cl)cc3)sc2C)cc1. The highest BCUT2D eigenvalue weighted by molar-refractivity contribution is 7.16. The van der Waals surface area contributed by atoms with Crippen LogP contribution < -0.4 is 5.32 Å². The highest BCUT2D eigenvalue weighted by Gasteiger charge is 2.09. The summed E-state index contributed by atoms with van der Waals surface area (Å²) in [7, 11) is 0. The molecule has 4 heteroatoms. The quantitative estimate of drug-likeness (QED) is 0.658. The van der Waals surface area contributed by atoms with Gasteiger partial charge in [-0.2, -0.15) is 0 Å². The van der Waals surface area contributed by atoms with Crippen LogP contribution in [0.15, 0.2) is 48.5 Å². The van der Waals surface area contributed by atoms with Crippen molar-refractivity contribution < 1.29 is 0 Å². The van der Waals surface area contributed by atoms with Gasteiger partial charge in [0.15, 0.2) is 5.13 Å². The first kappa shape index (κ1) is 14.1. The largest absolute Gasteiger partial charge is 0.332 e. The van der Waals surface area contributed by atoms with Crippen LogP contribution in [0.1, 0.15) is 10.4 Å². The Kier molecular flexibility index (Phi) is 3.95. The zero-order chi connectivity index (χ0) is 14.8. The monoisotopic (exact) mass is 314 g/mol. The number of aromatic nitrogens is 1. The van der Waals surface area contributed by atoms with Crippen molar-refractivity contribution >= 4 is 33.8 Å². The number of hydrogen-bond donors (Lipinski definition) is 1. The molecule has 0 aliphatic rings. The number of thiazole rings is 1. The van der Waals surface area contributed by atoms with E-state index in [0.29, 0.717) is 0 Å². The predicted octanol–water partition coefficient (Wildman–Crippen LogP) is 5.82. The minimum atomic E-state index is 0.733. The molecule has 106 valence electrons. The van der Waals surface area contributed by atoms with Gasteiger partial charge in [0.2, 0.25) is 0 Å². The highest BCUT2D eigenvalue weighted by Crippen LogP contribution is 2.32. The number of benzene rings is 2. The van der Waals surface area contributed by atoms with E-state index in [9.17, 15) is 0 Å². The van der Waals surface area contributed by atoms with Crippen LogP contribution in [0, 0.1) is 13.8 Å². The topological polar surface area (TPSA) is 24.9 Å². The van der Waals surface area contributed by atoms with Gasteiger partial charge in [-0.15, -0.1) is 11.3 Å². The fraction of sp³-hybridized carbons (Fsp3) is 0.118. The normalized spacial score (nSPS) is 10.6. The Bertz CT molecular complexity index is 745. The number of nitrogens with zero attached hydrogens (tertiary/aromatic N) is 1. The summed E-state index contributed by atoms with van der Waals surface area (Å²) in [4.78, 5) is 5.91.